The molecule has 2 aromatic rings. The lowest BCUT2D eigenvalue weighted by Gasteiger charge is -2.25. The van der Waals surface area contributed by atoms with E-state index in [2.05, 4.69) is 15.4 Å². The van der Waals surface area contributed by atoms with Crippen LogP contribution in [0.2, 0.25) is 0 Å². The van der Waals surface area contributed by atoms with Crippen LogP contribution in [0.15, 0.2) is 47.4 Å². The molecular formula is C21H27N3O3S2. The van der Waals surface area contributed by atoms with Crippen LogP contribution in [0.25, 0.3) is 0 Å². The zero-order chi connectivity index (χ0) is 20.9. The van der Waals surface area contributed by atoms with Gasteiger partial charge < -0.3 is 15.4 Å². The quantitative estimate of drug-likeness (QED) is 0.585. The predicted molar refractivity (Wildman–Crippen MR) is 121 cm³/mol. The summed E-state index contributed by atoms with van der Waals surface area (Å²) in [5.41, 5.74) is 1.65. The Bertz CT molecular complexity index is 971. The third kappa shape index (κ3) is 5.61. The number of benzene rings is 2. The second-order valence-corrected chi connectivity index (χ2v) is 9.30. The molecule has 0 bridgehead atoms. The molecule has 0 atom stereocenters. The van der Waals surface area contributed by atoms with Gasteiger partial charge in [-0.1, -0.05) is 37.5 Å². The van der Waals surface area contributed by atoms with Crippen molar-refractivity contribution in [1.29, 1.82) is 0 Å². The molecule has 1 aliphatic rings. The highest BCUT2D eigenvalue weighted by Gasteiger charge is 2.22. The molecule has 6 nitrogen and oxygen atoms in total. The Balaban J connectivity index is 1.82. The highest BCUT2D eigenvalue weighted by molar-refractivity contribution is 7.93. The van der Waals surface area contributed by atoms with Crippen molar-refractivity contribution in [2.24, 2.45) is 0 Å². The number of para-hydroxylation sites is 2. The summed E-state index contributed by atoms with van der Waals surface area (Å²) in [7, 11) is -2.36. The molecule has 156 valence electrons. The zero-order valence-corrected chi connectivity index (χ0v) is 18.3. The highest BCUT2D eigenvalue weighted by Crippen LogP contribution is 2.29. The minimum atomic E-state index is -3.86. The summed E-state index contributed by atoms with van der Waals surface area (Å²) in [6.45, 7) is 1.85. The highest BCUT2D eigenvalue weighted by atomic mass is 32.2. The minimum absolute atomic E-state index is 0.135. The molecule has 0 spiro atoms. The average molecular weight is 434 g/mol. The summed E-state index contributed by atoms with van der Waals surface area (Å²) in [5.74, 6) is 0.452. The van der Waals surface area contributed by atoms with Crippen LogP contribution in [0, 0.1) is 6.92 Å². The Morgan fingerprint density at radius 1 is 1.07 bits per heavy atom. The summed E-state index contributed by atoms with van der Waals surface area (Å²) < 4.78 is 34.2. The maximum absolute atomic E-state index is 13.1. The summed E-state index contributed by atoms with van der Waals surface area (Å²) >= 11 is 5.44. The van der Waals surface area contributed by atoms with E-state index in [-0.39, 0.29) is 4.90 Å². The zero-order valence-electron chi connectivity index (χ0n) is 16.7. The van der Waals surface area contributed by atoms with Gasteiger partial charge in [0.2, 0.25) is 0 Å². The molecule has 8 heteroatoms. The molecule has 29 heavy (non-hydrogen) atoms. The van der Waals surface area contributed by atoms with Crippen molar-refractivity contribution < 1.29 is 13.2 Å². The van der Waals surface area contributed by atoms with E-state index in [4.69, 9.17) is 17.0 Å². The number of hydrogen-bond donors (Lipinski definition) is 3. The molecule has 0 aromatic heterocycles. The van der Waals surface area contributed by atoms with Crippen LogP contribution in [-0.4, -0.2) is 26.7 Å². The van der Waals surface area contributed by atoms with E-state index in [1.54, 1.807) is 36.4 Å². The first kappa shape index (κ1) is 21.4. The summed E-state index contributed by atoms with van der Waals surface area (Å²) in [4.78, 5) is 0.135. The fraction of sp³-hybridized carbons (Fsp3) is 0.381. The lowest BCUT2D eigenvalue weighted by atomic mass is 9.96. The van der Waals surface area contributed by atoms with Crippen LogP contribution in [0.1, 0.15) is 37.7 Å². The lowest BCUT2D eigenvalue weighted by molar-refractivity contribution is 0.415. The molecule has 0 heterocycles. The van der Waals surface area contributed by atoms with Crippen molar-refractivity contribution in [3.05, 3.63) is 48.0 Å². The fourth-order valence-corrected chi connectivity index (χ4v) is 5.07. The molecule has 1 saturated carbocycles. The third-order valence-electron chi connectivity index (χ3n) is 4.97. The molecule has 0 amide bonds. The Kier molecular flexibility index (Phi) is 6.97. The molecule has 0 unspecified atom stereocenters. The van der Waals surface area contributed by atoms with Gasteiger partial charge in [0, 0.05) is 6.04 Å². The summed E-state index contributed by atoms with van der Waals surface area (Å²) in [6.07, 6.45) is 5.79. The third-order valence-corrected chi connectivity index (χ3v) is 6.59. The van der Waals surface area contributed by atoms with Crippen molar-refractivity contribution in [3.8, 4) is 5.75 Å². The Labute approximate surface area is 178 Å². The Morgan fingerprint density at radius 3 is 2.52 bits per heavy atom. The van der Waals surface area contributed by atoms with Gasteiger partial charge in [-0.3, -0.25) is 4.72 Å². The standard InChI is InChI=1S/C21H27N3O3S2/c1-15-12-13-18(23-21(28)22-16-8-4-3-5-9-16)20(14-15)29(25,26)24-17-10-6-7-11-19(17)27-2/h6-7,10-14,16,24H,3-5,8-9H2,1-2H3,(H2,22,23,28). The second-order valence-electron chi connectivity index (χ2n) is 7.24. The average Bonchev–Trinajstić information content (AvgIpc) is 2.70. The Hall–Kier alpha value is -2.32. The summed E-state index contributed by atoms with van der Waals surface area (Å²) in [5, 5.41) is 6.83. The molecule has 3 N–H and O–H groups in total. The van der Waals surface area contributed by atoms with Crippen molar-refractivity contribution in [3.63, 3.8) is 0 Å². The van der Waals surface area contributed by atoms with Gasteiger partial charge in [-0.05, 0) is 61.8 Å². The van der Waals surface area contributed by atoms with Gasteiger partial charge in [-0.15, -0.1) is 0 Å². The van der Waals surface area contributed by atoms with Gasteiger partial charge in [0.25, 0.3) is 10.0 Å². The second kappa shape index (κ2) is 9.45. The minimum Gasteiger partial charge on any atom is -0.495 e. The van der Waals surface area contributed by atoms with E-state index < -0.39 is 10.0 Å². The van der Waals surface area contributed by atoms with Crippen LogP contribution >= 0.6 is 12.2 Å². The molecule has 1 fully saturated rings. The van der Waals surface area contributed by atoms with E-state index in [0.29, 0.717) is 28.3 Å². The number of ether oxygens (including phenoxy) is 1. The van der Waals surface area contributed by atoms with E-state index in [1.807, 2.05) is 13.0 Å². The number of thiocarbonyl (C=S) groups is 1. The maximum Gasteiger partial charge on any atom is 0.264 e. The van der Waals surface area contributed by atoms with Crippen LogP contribution < -0.4 is 20.1 Å². The van der Waals surface area contributed by atoms with E-state index >= 15 is 0 Å². The fourth-order valence-electron chi connectivity index (χ4n) is 3.47. The van der Waals surface area contributed by atoms with Gasteiger partial charge in [0.15, 0.2) is 5.11 Å². The van der Waals surface area contributed by atoms with Gasteiger partial charge >= 0.3 is 0 Å². The van der Waals surface area contributed by atoms with E-state index in [9.17, 15) is 8.42 Å². The number of hydrogen-bond acceptors (Lipinski definition) is 4. The van der Waals surface area contributed by atoms with Crippen LogP contribution in [0.3, 0.4) is 0 Å². The van der Waals surface area contributed by atoms with Crippen molar-refractivity contribution in [1.82, 2.24) is 5.32 Å². The first-order valence-electron chi connectivity index (χ1n) is 9.73. The molecule has 3 rings (SSSR count). The first-order chi connectivity index (χ1) is 13.9. The number of anilines is 2. The van der Waals surface area contributed by atoms with Gasteiger partial charge in [0.05, 0.1) is 18.5 Å². The number of sulfonamides is 1. The van der Waals surface area contributed by atoms with Crippen LogP contribution in [0.4, 0.5) is 11.4 Å². The van der Waals surface area contributed by atoms with E-state index in [1.165, 1.54) is 26.4 Å². The Morgan fingerprint density at radius 2 is 1.79 bits per heavy atom. The van der Waals surface area contributed by atoms with Crippen LogP contribution in [-0.2, 0) is 10.0 Å². The van der Waals surface area contributed by atoms with Crippen molar-refractivity contribution in [2.75, 3.05) is 17.1 Å². The molecular weight excluding hydrogens is 406 g/mol. The van der Waals surface area contributed by atoms with Crippen LogP contribution in [0.5, 0.6) is 5.75 Å². The largest absolute Gasteiger partial charge is 0.495 e. The monoisotopic (exact) mass is 433 g/mol. The number of aryl methyl sites for hydroxylation is 1. The smallest absolute Gasteiger partial charge is 0.264 e. The maximum atomic E-state index is 13.1. The van der Waals surface area contributed by atoms with Gasteiger partial charge in [-0.2, -0.15) is 0 Å². The lowest BCUT2D eigenvalue weighted by Crippen LogP contribution is -2.39. The number of methoxy groups -OCH3 is 1. The molecule has 2 aromatic carbocycles. The molecule has 0 radical (unpaired) electrons. The van der Waals surface area contributed by atoms with Crippen molar-refractivity contribution >= 4 is 38.7 Å². The number of nitrogens with one attached hydrogen (secondary N) is 3. The SMILES string of the molecule is COc1ccccc1NS(=O)(=O)c1cc(C)ccc1NC(=S)NC1CCCCC1. The normalized spacial score (nSPS) is 14.8. The molecule has 1 aliphatic carbocycles. The van der Waals surface area contributed by atoms with Crippen molar-refractivity contribution in [2.45, 2.75) is 50.0 Å². The predicted octanol–water partition coefficient (Wildman–Crippen LogP) is 4.42. The topological polar surface area (TPSA) is 79.5 Å². The molecule has 0 aliphatic heterocycles. The number of rotatable bonds is 6. The van der Waals surface area contributed by atoms with Gasteiger partial charge in [0.1, 0.15) is 10.6 Å². The molecule has 0 saturated heterocycles. The van der Waals surface area contributed by atoms with Gasteiger partial charge in [-0.25, -0.2) is 8.42 Å². The first-order valence-corrected chi connectivity index (χ1v) is 11.6. The summed E-state index contributed by atoms with van der Waals surface area (Å²) in [6, 6.07) is 12.5. The van der Waals surface area contributed by atoms with E-state index in [0.717, 1.165) is 18.4 Å².